The van der Waals surface area contributed by atoms with Crippen molar-refractivity contribution in [3.8, 4) is 5.75 Å². The van der Waals surface area contributed by atoms with Crippen molar-refractivity contribution in [1.29, 1.82) is 0 Å². The van der Waals surface area contributed by atoms with Crippen molar-refractivity contribution in [3.63, 3.8) is 0 Å². The van der Waals surface area contributed by atoms with Gasteiger partial charge in [-0.05, 0) is 67.9 Å². The highest BCUT2D eigenvalue weighted by Gasteiger charge is 2.32. The molecule has 2 amide bonds. The van der Waals surface area contributed by atoms with E-state index in [1.54, 1.807) is 26.0 Å². The van der Waals surface area contributed by atoms with Crippen LogP contribution in [0.2, 0.25) is 5.02 Å². The van der Waals surface area contributed by atoms with E-state index in [-0.39, 0.29) is 23.0 Å². The van der Waals surface area contributed by atoms with Crippen LogP contribution in [0.15, 0.2) is 83.8 Å². The predicted molar refractivity (Wildman–Crippen MR) is 144 cm³/mol. The Hall–Kier alpha value is -3.56. The number of halogens is 1. The van der Waals surface area contributed by atoms with Crippen LogP contribution < -0.4 is 14.4 Å². The van der Waals surface area contributed by atoms with E-state index in [1.807, 2.05) is 30.3 Å². The normalized spacial score (nSPS) is 11.9. The van der Waals surface area contributed by atoms with Crippen LogP contribution in [-0.2, 0) is 26.2 Å². The van der Waals surface area contributed by atoms with Crippen LogP contribution in [-0.4, -0.2) is 51.4 Å². The molecule has 3 rings (SSSR count). The first-order chi connectivity index (χ1) is 17.7. The maximum atomic E-state index is 13.7. The Morgan fingerprint density at radius 1 is 0.973 bits per heavy atom. The molecular formula is C27H30ClN3O5S. The van der Waals surface area contributed by atoms with Crippen molar-refractivity contribution < 1.29 is 22.7 Å². The summed E-state index contributed by atoms with van der Waals surface area (Å²) >= 11 is 6.03. The van der Waals surface area contributed by atoms with Gasteiger partial charge in [0.05, 0.1) is 17.7 Å². The lowest BCUT2D eigenvalue weighted by Crippen LogP contribution is -2.51. The number of anilines is 1. The van der Waals surface area contributed by atoms with Gasteiger partial charge in [-0.15, -0.1) is 0 Å². The fourth-order valence-corrected chi connectivity index (χ4v) is 5.24. The Kier molecular flexibility index (Phi) is 9.54. The van der Waals surface area contributed by atoms with Gasteiger partial charge in [0.15, 0.2) is 0 Å². The van der Waals surface area contributed by atoms with E-state index in [0.29, 0.717) is 17.3 Å². The second kappa shape index (κ2) is 12.6. The first-order valence-electron chi connectivity index (χ1n) is 11.7. The summed E-state index contributed by atoms with van der Waals surface area (Å²) in [6.45, 7) is 3.43. The number of sulfonamides is 1. The number of nitrogens with one attached hydrogen (secondary N) is 1. The van der Waals surface area contributed by atoms with Gasteiger partial charge in [-0.3, -0.25) is 13.9 Å². The monoisotopic (exact) mass is 543 g/mol. The lowest BCUT2D eigenvalue weighted by molar-refractivity contribution is -0.139. The van der Waals surface area contributed by atoms with Crippen LogP contribution in [0.1, 0.15) is 19.4 Å². The number of ether oxygens (including phenoxy) is 1. The Morgan fingerprint density at radius 3 is 2.16 bits per heavy atom. The quantitative estimate of drug-likeness (QED) is 0.393. The Balaban J connectivity index is 2.01. The number of nitrogens with zero attached hydrogens (tertiary/aromatic N) is 2. The minimum Gasteiger partial charge on any atom is -0.497 e. The van der Waals surface area contributed by atoms with E-state index >= 15 is 0 Å². The van der Waals surface area contributed by atoms with Gasteiger partial charge < -0.3 is 15.0 Å². The highest BCUT2D eigenvalue weighted by Crippen LogP contribution is 2.27. The van der Waals surface area contributed by atoms with Crippen LogP contribution in [0.5, 0.6) is 5.75 Å². The molecule has 3 aromatic carbocycles. The number of hydrogen-bond acceptors (Lipinski definition) is 5. The molecule has 0 saturated carbocycles. The Bertz CT molecular complexity index is 1300. The second-order valence-electron chi connectivity index (χ2n) is 8.24. The fourth-order valence-electron chi connectivity index (χ4n) is 3.70. The van der Waals surface area contributed by atoms with E-state index in [1.165, 1.54) is 48.4 Å². The summed E-state index contributed by atoms with van der Waals surface area (Å²) in [6.07, 6.45) is 0. The average molecular weight is 544 g/mol. The topological polar surface area (TPSA) is 96.0 Å². The van der Waals surface area contributed by atoms with Crippen LogP contribution in [0, 0.1) is 0 Å². The van der Waals surface area contributed by atoms with Gasteiger partial charge in [-0.25, -0.2) is 8.42 Å². The number of carbonyl (C=O) groups excluding carboxylic acids is 2. The first kappa shape index (κ1) is 28.0. The molecule has 0 unspecified atom stereocenters. The van der Waals surface area contributed by atoms with Crippen molar-refractivity contribution in [1.82, 2.24) is 10.2 Å². The summed E-state index contributed by atoms with van der Waals surface area (Å²) in [5.41, 5.74) is 1.07. The Morgan fingerprint density at radius 2 is 1.59 bits per heavy atom. The van der Waals surface area contributed by atoms with E-state index in [0.717, 1.165) is 9.87 Å². The van der Waals surface area contributed by atoms with Crippen molar-refractivity contribution in [3.05, 3.63) is 89.4 Å². The van der Waals surface area contributed by atoms with Crippen molar-refractivity contribution in [2.45, 2.75) is 31.3 Å². The SMILES string of the molecule is CCNC(=O)[C@@H](C)N(Cc1ccccc1)C(=O)CN(c1ccc(Cl)cc1)S(=O)(=O)c1ccc(OC)cc1. The van der Waals surface area contributed by atoms with Gasteiger partial charge in [0.25, 0.3) is 10.0 Å². The summed E-state index contributed by atoms with van der Waals surface area (Å²) in [5, 5.41) is 3.16. The van der Waals surface area contributed by atoms with Gasteiger partial charge in [0.1, 0.15) is 18.3 Å². The third kappa shape index (κ3) is 7.02. The number of benzene rings is 3. The highest BCUT2D eigenvalue weighted by atomic mass is 35.5. The Labute approximate surface area is 222 Å². The molecule has 10 heteroatoms. The molecule has 0 spiro atoms. The van der Waals surface area contributed by atoms with Crippen molar-refractivity contribution in [2.75, 3.05) is 24.5 Å². The zero-order valence-corrected chi connectivity index (χ0v) is 22.5. The summed E-state index contributed by atoms with van der Waals surface area (Å²) < 4.78 is 33.6. The van der Waals surface area contributed by atoms with E-state index in [4.69, 9.17) is 16.3 Å². The number of methoxy groups -OCH3 is 1. The van der Waals surface area contributed by atoms with Crippen molar-refractivity contribution in [2.24, 2.45) is 0 Å². The molecule has 1 N–H and O–H groups in total. The highest BCUT2D eigenvalue weighted by molar-refractivity contribution is 7.92. The molecule has 0 aromatic heterocycles. The molecule has 0 aliphatic carbocycles. The van der Waals surface area contributed by atoms with Crippen LogP contribution in [0.25, 0.3) is 0 Å². The molecular weight excluding hydrogens is 514 g/mol. The minimum atomic E-state index is -4.16. The van der Waals surface area contributed by atoms with Crippen LogP contribution in [0.3, 0.4) is 0 Å². The molecule has 196 valence electrons. The summed E-state index contributed by atoms with van der Waals surface area (Å²) in [6, 6.07) is 20.5. The van der Waals surface area contributed by atoms with Gasteiger partial charge in [-0.2, -0.15) is 0 Å². The number of carbonyl (C=O) groups is 2. The van der Waals surface area contributed by atoms with Crippen molar-refractivity contribution >= 4 is 39.1 Å². The molecule has 0 aliphatic rings. The lowest BCUT2D eigenvalue weighted by Gasteiger charge is -2.32. The predicted octanol–water partition coefficient (Wildman–Crippen LogP) is 4.10. The fraction of sp³-hybridized carbons (Fsp3) is 0.259. The number of rotatable bonds is 11. The average Bonchev–Trinajstić information content (AvgIpc) is 2.91. The molecule has 1 atom stereocenters. The molecule has 0 radical (unpaired) electrons. The van der Waals surface area contributed by atoms with E-state index in [9.17, 15) is 18.0 Å². The summed E-state index contributed by atoms with van der Waals surface area (Å²) in [5.74, 6) is -0.365. The molecule has 0 saturated heterocycles. The molecule has 3 aromatic rings. The minimum absolute atomic E-state index is 0.0116. The maximum Gasteiger partial charge on any atom is 0.264 e. The maximum absolute atomic E-state index is 13.7. The molecule has 0 heterocycles. The molecule has 0 aliphatic heterocycles. The van der Waals surface area contributed by atoms with E-state index in [2.05, 4.69) is 5.32 Å². The molecule has 0 bridgehead atoms. The van der Waals surface area contributed by atoms with Crippen LogP contribution in [0.4, 0.5) is 5.69 Å². The summed E-state index contributed by atoms with van der Waals surface area (Å²) in [4.78, 5) is 27.8. The molecule has 8 nitrogen and oxygen atoms in total. The third-order valence-corrected chi connectivity index (χ3v) is 7.80. The zero-order valence-electron chi connectivity index (χ0n) is 20.9. The largest absolute Gasteiger partial charge is 0.497 e. The number of likely N-dealkylation sites (N-methyl/N-ethyl adjacent to an activating group) is 1. The van der Waals surface area contributed by atoms with Crippen LogP contribution >= 0.6 is 11.6 Å². The lowest BCUT2D eigenvalue weighted by atomic mass is 10.1. The third-order valence-electron chi connectivity index (χ3n) is 5.75. The molecule has 37 heavy (non-hydrogen) atoms. The van der Waals surface area contributed by atoms with Gasteiger partial charge >= 0.3 is 0 Å². The summed E-state index contributed by atoms with van der Waals surface area (Å²) in [7, 11) is -2.68. The zero-order chi connectivity index (χ0) is 27.0. The van der Waals surface area contributed by atoms with Gasteiger partial charge in [0.2, 0.25) is 11.8 Å². The van der Waals surface area contributed by atoms with E-state index < -0.39 is 28.5 Å². The first-order valence-corrected chi connectivity index (χ1v) is 13.5. The number of hydrogen-bond donors (Lipinski definition) is 1. The smallest absolute Gasteiger partial charge is 0.264 e. The molecule has 0 fully saturated rings. The van der Waals surface area contributed by atoms with Gasteiger partial charge in [0, 0.05) is 18.1 Å². The van der Waals surface area contributed by atoms with Gasteiger partial charge in [-0.1, -0.05) is 41.9 Å². The number of amides is 2. The standard InChI is InChI=1S/C27H30ClN3O5S/c1-4-29-27(33)20(2)30(18-21-8-6-5-7-9-21)26(32)19-31(23-12-10-22(28)11-13-23)37(34,35)25-16-14-24(36-3)15-17-25/h5-17,20H,4,18-19H2,1-3H3,(H,29,33)/t20-/m1/s1. The second-order valence-corrected chi connectivity index (χ2v) is 10.5.